The van der Waals surface area contributed by atoms with E-state index in [1.165, 1.54) is 5.56 Å². The second-order valence-corrected chi connectivity index (χ2v) is 2.82. The Kier molecular flexibility index (Phi) is 3.30. The minimum atomic E-state index is 0. The van der Waals surface area contributed by atoms with Crippen molar-refractivity contribution in [3.05, 3.63) is 42.3 Å². The van der Waals surface area contributed by atoms with Gasteiger partial charge in [0.1, 0.15) is 0 Å². The molecule has 1 aromatic carbocycles. The van der Waals surface area contributed by atoms with Gasteiger partial charge in [0.25, 0.3) is 0 Å². The van der Waals surface area contributed by atoms with Crippen LogP contribution in [-0.4, -0.2) is 0 Å². The van der Waals surface area contributed by atoms with Gasteiger partial charge in [-0.05, 0) is 0 Å². The van der Waals surface area contributed by atoms with Gasteiger partial charge in [-0.15, -0.1) is 12.1 Å². The zero-order valence-corrected chi connectivity index (χ0v) is 13.6. The third-order valence-corrected chi connectivity index (χ3v) is 1.33. The van der Waals surface area contributed by atoms with E-state index in [0.29, 0.717) is 5.92 Å². The SMILES string of the molecule is CC(C)[CH-]c1ccccc1.[Rf]. The largest absolute Gasteiger partial charge is 0.192 e. The zero-order chi connectivity index (χ0) is 7.40. The van der Waals surface area contributed by atoms with Crippen LogP contribution in [0, 0.1) is 12.3 Å². The van der Waals surface area contributed by atoms with E-state index in [-0.39, 0.29) is 0 Å². The van der Waals surface area contributed by atoms with Crippen LogP contribution in [0.2, 0.25) is 0 Å². The number of rotatable bonds is 2. The van der Waals surface area contributed by atoms with Crippen molar-refractivity contribution in [2.45, 2.75) is 13.8 Å². The van der Waals surface area contributed by atoms with E-state index < -0.39 is 0 Å². The Morgan fingerprint density at radius 1 is 1.09 bits per heavy atom. The summed E-state index contributed by atoms with van der Waals surface area (Å²) in [6.07, 6.45) is 2.25. The van der Waals surface area contributed by atoms with Gasteiger partial charge in [0.05, 0.1) is 0 Å². The van der Waals surface area contributed by atoms with Crippen molar-refractivity contribution in [2.75, 3.05) is 0 Å². The quantitative estimate of drug-likeness (QED) is 0.670. The fourth-order valence-corrected chi connectivity index (χ4v) is 0.949. The molecule has 0 unspecified atom stereocenters. The van der Waals surface area contributed by atoms with E-state index in [4.69, 9.17) is 0 Å². The fourth-order valence-electron chi connectivity index (χ4n) is 0.949. The minimum absolute atomic E-state index is 0. The molecule has 0 spiro atoms. The van der Waals surface area contributed by atoms with E-state index in [1.807, 2.05) is 6.07 Å². The van der Waals surface area contributed by atoms with Crippen molar-refractivity contribution >= 4 is 0 Å². The summed E-state index contributed by atoms with van der Waals surface area (Å²) >= 11 is 0. The van der Waals surface area contributed by atoms with Crippen LogP contribution < -0.4 is 0 Å². The molecule has 1 heteroatoms. The molecule has 56 valence electrons. The molecule has 0 N–H and O–H groups in total. The first-order chi connectivity index (χ1) is 4.79. The molecule has 0 aromatic heterocycles. The second-order valence-electron chi connectivity index (χ2n) is 2.82. The first-order valence-electron chi connectivity index (χ1n) is 3.69. The third-order valence-electron chi connectivity index (χ3n) is 1.33. The van der Waals surface area contributed by atoms with Crippen molar-refractivity contribution in [3.63, 3.8) is 0 Å². The first kappa shape index (κ1) is 9.09. The van der Waals surface area contributed by atoms with Crippen LogP contribution in [0.25, 0.3) is 0 Å². The molecule has 0 aliphatic carbocycles. The van der Waals surface area contributed by atoms with Gasteiger partial charge < -0.3 is 0 Å². The predicted molar refractivity (Wildman–Crippen MR) is 44.7 cm³/mol. The number of hydrogen-bond acceptors (Lipinski definition) is 0. The molecule has 0 aliphatic heterocycles. The van der Waals surface area contributed by atoms with E-state index in [9.17, 15) is 0 Å². The number of hydrogen-bond donors (Lipinski definition) is 0. The maximum atomic E-state index is 2.25. The topological polar surface area (TPSA) is 0 Å². The van der Waals surface area contributed by atoms with Crippen molar-refractivity contribution in [3.8, 4) is 0 Å². The molecule has 0 aliphatic rings. The molecule has 1 rings (SSSR count). The molecule has 0 atom stereocenters. The van der Waals surface area contributed by atoms with Crippen LogP contribution in [0.3, 0.4) is 0 Å². The van der Waals surface area contributed by atoms with Crippen LogP contribution >= 0.6 is 0 Å². The molecule has 0 nitrogen and oxygen atoms in total. The van der Waals surface area contributed by atoms with Gasteiger partial charge in [-0.1, -0.05) is 25.8 Å². The molecule has 0 bridgehead atoms. The zero-order valence-electron chi connectivity index (χ0n) is 7.25. The van der Waals surface area contributed by atoms with Gasteiger partial charge in [0.2, 0.25) is 0 Å². The van der Waals surface area contributed by atoms with Crippen LogP contribution in [0.1, 0.15) is 19.4 Å². The Labute approximate surface area is 62.9 Å². The summed E-state index contributed by atoms with van der Waals surface area (Å²) in [7, 11) is 0. The summed E-state index contributed by atoms with van der Waals surface area (Å²) < 4.78 is 0. The molecule has 11 heavy (non-hydrogen) atoms. The van der Waals surface area contributed by atoms with Gasteiger partial charge in [0.15, 0.2) is 0 Å². The van der Waals surface area contributed by atoms with Crippen molar-refractivity contribution < 1.29 is 0 Å². The molecular weight excluding hydrogens is 387 g/mol. The Bertz CT molecular complexity index is 179. The Hall–Kier alpha value is -1.91. The first-order valence-corrected chi connectivity index (χ1v) is 3.69. The smallest absolute Gasteiger partial charge is 0 e. The van der Waals surface area contributed by atoms with Crippen molar-refractivity contribution in [2.24, 2.45) is 5.92 Å². The van der Waals surface area contributed by atoms with Gasteiger partial charge in [-0.2, -0.15) is 24.1 Å². The van der Waals surface area contributed by atoms with E-state index in [0.717, 1.165) is 0 Å². The molecule has 0 fully saturated rings. The Morgan fingerprint density at radius 3 is 2.09 bits per heavy atom. The van der Waals surface area contributed by atoms with Crippen LogP contribution in [-0.2, 0) is 0 Å². The standard InChI is InChI=1S/C10H13.Rf/c1-9(2)8-10-6-4-3-5-7-10;/h3-9H,1-2H3;/q-1;. The molecule has 1 aromatic rings. The van der Waals surface area contributed by atoms with Crippen LogP contribution in [0.5, 0.6) is 0 Å². The minimum Gasteiger partial charge on any atom is -0.192 e. The van der Waals surface area contributed by atoms with Gasteiger partial charge in [-0.3, -0.25) is 0 Å². The van der Waals surface area contributed by atoms with E-state index >= 15 is 0 Å². The molecule has 0 heterocycles. The maximum Gasteiger partial charge on any atom is 0 e. The predicted octanol–water partition coefficient (Wildman–Crippen LogP) is 2.89. The second kappa shape index (κ2) is 3.99. The summed E-state index contributed by atoms with van der Waals surface area (Å²) in [4.78, 5) is 0. The fraction of sp³-hybridized carbons (Fsp3) is 0.300. The average molecular weight is 400 g/mol. The normalized spacial score (nSPS) is 9.00. The molecule has 0 amide bonds. The summed E-state index contributed by atoms with van der Waals surface area (Å²) in [5.74, 6) is 0.641. The monoisotopic (exact) mass is 400 g/mol. The molecular formula is C10H13Rf-. The van der Waals surface area contributed by atoms with Gasteiger partial charge in [-0.25, -0.2) is 0 Å². The summed E-state index contributed by atoms with van der Waals surface area (Å²) in [6.45, 7) is 4.38. The van der Waals surface area contributed by atoms with Gasteiger partial charge >= 0.3 is 0 Å². The molecule has 0 radical (unpaired) electrons. The van der Waals surface area contributed by atoms with Gasteiger partial charge in [0, 0.05) is 0 Å². The summed E-state index contributed by atoms with van der Waals surface area (Å²) in [6, 6.07) is 10.4. The summed E-state index contributed by atoms with van der Waals surface area (Å²) in [5, 5.41) is 0. The summed E-state index contributed by atoms with van der Waals surface area (Å²) in [5.41, 5.74) is 1.32. The molecule has 0 saturated heterocycles. The third kappa shape index (κ3) is 2.95. The average Bonchev–Trinajstić information content (AvgIpc) is 1.88. The van der Waals surface area contributed by atoms with E-state index in [2.05, 4.69) is 44.5 Å². The number of benzene rings is 1. The Balaban J connectivity index is 0.000001000. The van der Waals surface area contributed by atoms with Crippen LogP contribution in [0.4, 0.5) is 0 Å². The Morgan fingerprint density at radius 2 is 1.64 bits per heavy atom. The maximum absolute atomic E-state index is 2.25. The van der Waals surface area contributed by atoms with Crippen molar-refractivity contribution in [1.29, 1.82) is 0 Å². The van der Waals surface area contributed by atoms with E-state index in [1.54, 1.807) is 0 Å². The molecule has 0 saturated carbocycles. The van der Waals surface area contributed by atoms with Crippen LogP contribution in [0.15, 0.2) is 30.3 Å². The van der Waals surface area contributed by atoms with Crippen molar-refractivity contribution in [1.82, 2.24) is 0 Å².